The highest BCUT2D eigenvalue weighted by molar-refractivity contribution is 5.78. The lowest BCUT2D eigenvalue weighted by Crippen LogP contribution is -2.37. The normalized spacial score (nSPS) is 11.4. The molecule has 2 N–H and O–H groups in total. The summed E-state index contributed by atoms with van der Waals surface area (Å²) in [5.74, 6) is -0.327. The molecule has 0 heterocycles. The molecule has 0 amide bonds. The first kappa shape index (κ1) is 12.4. The Morgan fingerprint density at radius 3 is 2.54 bits per heavy atom. The first-order valence-corrected chi connectivity index (χ1v) is 4.56. The topological polar surface area (TPSA) is 61.5 Å². The molecule has 0 radical (unpaired) electrons. The summed E-state index contributed by atoms with van der Waals surface area (Å²) in [6.45, 7) is 6.60. The zero-order chi connectivity index (χ0) is 10.3. The van der Waals surface area contributed by atoms with Gasteiger partial charge in [0.25, 0.3) is 0 Å². The molecule has 78 valence electrons. The lowest BCUT2D eigenvalue weighted by molar-refractivity contribution is -0.167. The van der Waals surface area contributed by atoms with Crippen molar-refractivity contribution in [3.63, 3.8) is 0 Å². The van der Waals surface area contributed by atoms with Gasteiger partial charge < -0.3 is 15.2 Å². The molecule has 0 rings (SSSR count). The smallest absolute Gasteiger partial charge is 0.337 e. The van der Waals surface area contributed by atoms with Crippen LogP contribution in [0.4, 0.5) is 0 Å². The maximum absolute atomic E-state index is 11.3. The predicted octanol–water partition coefficient (Wildman–Crippen LogP) is 0.694. The minimum Gasteiger partial charge on any atom is -0.464 e. The van der Waals surface area contributed by atoms with Crippen molar-refractivity contribution in [1.82, 2.24) is 0 Å². The molecular formula is C9H19NO3. The van der Waals surface area contributed by atoms with E-state index in [1.54, 1.807) is 20.8 Å². The lowest BCUT2D eigenvalue weighted by atomic mass is 10.1. The van der Waals surface area contributed by atoms with E-state index in [4.69, 9.17) is 15.2 Å². The van der Waals surface area contributed by atoms with Crippen LogP contribution in [0.25, 0.3) is 0 Å². The van der Waals surface area contributed by atoms with Crippen molar-refractivity contribution in [2.45, 2.75) is 32.8 Å². The van der Waals surface area contributed by atoms with E-state index < -0.39 is 5.60 Å². The molecule has 0 aromatic heterocycles. The maximum atomic E-state index is 11.3. The molecular weight excluding hydrogens is 170 g/mol. The van der Waals surface area contributed by atoms with E-state index >= 15 is 0 Å². The van der Waals surface area contributed by atoms with Gasteiger partial charge in [0.2, 0.25) is 0 Å². The van der Waals surface area contributed by atoms with Gasteiger partial charge in [-0.25, -0.2) is 4.79 Å². The molecule has 0 atom stereocenters. The standard InChI is InChI=1S/C9H19NO3/c1-4-12-8(11)9(2,3)13-7-5-6-10/h4-7,10H2,1-3H3. The van der Waals surface area contributed by atoms with Gasteiger partial charge in [0.1, 0.15) is 0 Å². The third-order valence-corrected chi connectivity index (χ3v) is 1.58. The van der Waals surface area contributed by atoms with Crippen molar-refractivity contribution in [3.05, 3.63) is 0 Å². The summed E-state index contributed by atoms with van der Waals surface area (Å²) in [5.41, 5.74) is 4.44. The fraction of sp³-hybridized carbons (Fsp3) is 0.889. The highest BCUT2D eigenvalue weighted by Crippen LogP contribution is 2.11. The molecule has 0 aromatic rings. The summed E-state index contributed by atoms with van der Waals surface area (Å²) in [4.78, 5) is 11.3. The summed E-state index contributed by atoms with van der Waals surface area (Å²) in [6, 6.07) is 0. The van der Waals surface area contributed by atoms with E-state index in [1.807, 2.05) is 0 Å². The number of rotatable bonds is 6. The lowest BCUT2D eigenvalue weighted by Gasteiger charge is -2.22. The third kappa shape index (κ3) is 4.85. The largest absolute Gasteiger partial charge is 0.464 e. The van der Waals surface area contributed by atoms with Crippen molar-refractivity contribution in [3.8, 4) is 0 Å². The Hall–Kier alpha value is -0.610. The molecule has 0 bridgehead atoms. The fourth-order valence-corrected chi connectivity index (χ4v) is 0.774. The number of carbonyl (C=O) groups is 1. The average molecular weight is 189 g/mol. The van der Waals surface area contributed by atoms with Gasteiger partial charge in [-0.2, -0.15) is 0 Å². The fourth-order valence-electron chi connectivity index (χ4n) is 0.774. The van der Waals surface area contributed by atoms with Crippen LogP contribution in [0.1, 0.15) is 27.2 Å². The molecule has 0 fully saturated rings. The Balaban J connectivity index is 3.83. The molecule has 0 aliphatic rings. The summed E-state index contributed by atoms with van der Waals surface area (Å²) in [7, 11) is 0. The molecule has 0 saturated carbocycles. The SMILES string of the molecule is CCOC(=O)C(C)(C)OCCCN. The maximum Gasteiger partial charge on any atom is 0.337 e. The van der Waals surface area contributed by atoms with E-state index in [9.17, 15) is 4.79 Å². The summed E-state index contributed by atoms with van der Waals surface area (Å²) in [6.07, 6.45) is 0.753. The van der Waals surface area contributed by atoms with Crippen LogP contribution in [0.15, 0.2) is 0 Å². The van der Waals surface area contributed by atoms with Crippen LogP contribution in [-0.2, 0) is 14.3 Å². The van der Waals surface area contributed by atoms with Gasteiger partial charge in [-0.05, 0) is 33.7 Å². The number of hydrogen-bond acceptors (Lipinski definition) is 4. The van der Waals surface area contributed by atoms with Gasteiger partial charge in [0.05, 0.1) is 6.61 Å². The molecule has 0 unspecified atom stereocenters. The zero-order valence-electron chi connectivity index (χ0n) is 8.63. The Morgan fingerprint density at radius 1 is 1.46 bits per heavy atom. The summed E-state index contributed by atoms with van der Waals surface area (Å²) >= 11 is 0. The molecule has 4 heteroatoms. The van der Waals surface area contributed by atoms with E-state index in [1.165, 1.54) is 0 Å². The average Bonchev–Trinajstić information content (AvgIpc) is 2.05. The van der Waals surface area contributed by atoms with Gasteiger partial charge in [0.15, 0.2) is 5.60 Å². The molecule has 0 aliphatic carbocycles. The van der Waals surface area contributed by atoms with Crippen molar-refractivity contribution < 1.29 is 14.3 Å². The monoisotopic (exact) mass is 189 g/mol. The Morgan fingerprint density at radius 2 is 2.08 bits per heavy atom. The van der Waals surface area contributed by atoms with Crippen LogP contribution in [0, 0.1) is 0 Å². The molecule has 0 saturated heterocycles. The number of ether oxygens (including phenoxy) is 2. The second kappa shape index (κ2) is 5.94. The van der Waals surface area contributed by atoms with Crippen LogP contribution in [0.2, 0.25) is 0 Å². The first-order valence-electron chi connectivity index (χ1n) is 4.56. The van der Waals surface area contributed by atoms with E-state index in [2.05, 4.69) is 0 Å². The number of carbonyl (C=O) groups excluding carboxylic acids is 1. The first-order chi connectivity index (χ1) is 6.04. The molecule has 4 nitrogen and oxygen atoms in total. The van der Waals surface area contributed by atoms with Gasteiger partial charge in [0, 0.05) is 6.61 Å². The van der Waals surface area contributed by atoms with E-state index in [0.29, 0.717) is 19.8 Å². The van der Waals surface area contributed by atoms with E-state index in [-0.39, 0.29) is 5.97 Å². The molecule has 0 aromatic carbocycles. The Kier molecular flexibility index (Phi) is 5.66. The summed E-state index contributed by atoms with van der Waals surface area (Å²) < 4.78 is 10.2. The van der Waals surface area contributed by atoms with Gasteiger partial charge in [-0.3, -0.25) is 0 Å². The number of hydrogen-bond donors (Lipinski definition) is 1. The highest BCUT2D eigenvalue weighted by atomic mass is 16.6. The second-order valence-corrected chi connectivity index (χ2v) is 3.22. The predicted molar refractivity (Wildman–Crippen MR) is 50.3 cm³/mol. The summed E-state index contributed by atoms with van der Waals surface area (Å²) in [5, 5.41) is 0. The van der Waals surface area contributed by atoms with Crippen LogP contribution in [0.3, 0.4) is 0 Å². The van der Waals surface area contributed by atoms with Crippen molar-refractivity contribution in [2.24, 2.45) is 5.73 Å². The van der Waals surface area contributed by atoms with Gasteiger partial charge in [-0.1, -0.05) is 0 Å². The van der Waals surface area contributed by atoms with Crippen LogP contribution in [0.5, 0.6) is 0 Å². The van der Waals surface area contributed by atoms with E-state index in [0.717, 1.165) is 6.42 Å². The highest BCUT2D eigenvalue weighted by Gasteiger charge is 2.29. The Labute approximate surface area is 79.4 Å². The van der Waals surface area contributed by atoms with Crippen LogP contribution in [-0.4, -0.2) is 31.3 Å². The molecule has 0 aliphatic heterocycles. The Bertz CT molecular complexity index is 157. The molecule has 0 spiro atoms. The number of esters is 1. The quantitative estimate of drug-likeness (QED) is 0.493. The van der Waals surface area contributed by atoms with Crippen molar-refractivity contribution in [1.29, 1.82) is 0 Å². The van der Waals surface area contributed by atoms with Gasteiger partial charge >= 0.3 is 5.97 Å². The molecule has 13 heavy (non-hydrogen) atoms. The minimum absolute atomic E-state index is 0.327. The van der Waals surface area contributed by atoms with Gasteiger partial charge in [-0.15, -0.1) is 0 Å². The van der Waals surface area contributed by atoms with Crippen LogP contribution < -0.4 is 5.73 Å². The minimum atomic E-state index is -0.856. The zero-order valence-corrected chi connectivity index (χ0v) is 8.63. The third-order valence-electron chi connectivity index (χ3n) is 1.58. The van der Waals surface area contributed by atoms with Crippen molar-refractivity contribution in [2.75, 3.05) is 19.8 Å². The second-order valence-electron chi connectivity index (χ2n) is 3.22. The van der Waals surface area contributed by atoms with Crippen LogP contribution >= 0.6 is 0 Å². The number of nitrogens with two attached hydrogens (primary N) is 1. The van der Waals surface area contributed by atoms with Crippen molar-refractivity contribution >= 4 is 5.97 Å².